The van der Waals surface area contributed by atoms with Crippen molar-refractivity contribution in [3.63, 3.8) is 0 Å². The van der Waals surface area contributed by atoms with Crippen molar-refractivity contribution in [1.29, 1.82) is 0 Å². The molecule has 2 heterocycles. The molecular formula is C23H22N4O2S. The quantitative estimate of drug-likeness (QED) is 0.515. The van der Waals surface area contributed by atoms with Crippen molar-refractivity contribution in [2.45, 2.75) is 32.4 Å². The maximum absolute atomic E-state index is 12.8. The molecule has 2 aromatic carbocycles. The second-order valence-electron chi connectivity index (χ2n) is 7.41. The number of nitrogens with one attached hydrogen (secondary N) is 1. The monoisotopic (exact) mass is 418 g/mol. The summed E-state index contributed by atoms with van der Waals surface area (Å²) in [4.78, 5) is 26.5. The molecule has 0 saturated heterocycles. The van der Waals surface area contributed by atoms with Crippen LogP contribution >= 0.6 is 11.3 Å². The Balaban J connectivity index is 1.58. The molecule has 0 bridgehead atoms. The van der Waals surface area contributed by atoms with Gasteiger partial charge < -0.3 is 5.32 Å². The third-order valence-corrected chi connectivity index (χ3v) is 5.93. The van der Waals surface area contributed by atoms with Gasteiger partial charge in [0.15, 0.2) is 0 Å². The van der Waals surface area contributed by atoms with E-state index in [-0.39, 0.29) is 24.1 Å². The number of amides is 1. The van der Waals surface area contributed by atoms with Gasteiger partial charge in [-0.2, -0.15) is 0 Å². The molecule has 0 saturated carbocycles. The van der Waals surface area contributed by atoms with Gasteiger partial charge in [0.25, 0.3) is 5.56 Å². The Hall–Kier alpha value is -3.32. The Morgan fingerprint density at radius 2 is 1.77 bits per heavy atom. The van der Waals surface area contributed by atoms with Gasteiger partial charge in [0, 0.05) is 4.88 Å². The first-order valence-corrected chi connectivity index (χ1v) is 10.7. The number of hydrogen-bond acceptors (Lipinski definition) is 5. The van der Waals surface area contributed by atoms with Crippen molar-refractivity contribution in [2.24, 2.45) is 0 Å². The predicted octanol–water partition coefficient (Wildman–Crippen LogP) is 3.88. The lowest BCUT2D eigenvalue weighted by molar-refractivity contribution is -0.122. The second kappa shape index (κ2) is 8.59. The van der Waals surface area contributed by atoms with Gasteiger partial charge in [0.2, 0.25) is 5.91 Å². The van der Waals surface area contributed by atoms with E-state index < -0.39 is 0 Å². The molecule has 1 atom stereocenters. The largest absolute Gasteiger partial charge is 0.343 e. The van der Waals surface area contributed by atoms with Crippen LogP contribution in [0.4, 0.5) is 0 Å². The van der Waals surface area contributed by atoms with Crippen LogP contribution in [0.25, 0.3) is 10.9 Å². The number of hydrogen-bond donors (Lipinski definition) is 1. The van der Waals surface area contributed by atoms with Crippen molar-refractivity contribution >= 4 is 28.1 Å². The van der Waals surface area contributed by atoms with Crippen molar-refractivity contribution in [1.82, 2.24) is 20.3 Å². The summed E-state index contributed by atoms with van der Waals surface area (Å²) < 4.78 is 1.10. The molecule has 4 rings (SSSR count). The summed E-state index contributed by atoms with van der Waals surface area (Å²) in [7, 11) is 0. The van der Waals surface area contributed by atoms with E-state index in [1.807, 2.05) is 29.6 Å². The lowest BCUT2D eigenvalue weighted by Crippen LogP contribution is -2.36. The van der Waals surface area contributed by atoms with E-state index in [9.17, 15) is 9.59 Å². The first-order chi connectivity index (χ1) is 14.5. The average Bonchev–Trinajstić information content (AvgIpc) is 3.29. The molecule has 6 nitrogen and oxygen atoms in total. The van der Waals surface area contributed by atoms with Gasteiger partial charge in [0.05, 0.1) is 11.4 Å². The van der Waals surface area contributed by atoms with Crippen LogP contribution in [0.1, 0.15) is 41.8 Å². The molecule has 0 aliphatic heterocycles. The molecule has 152 valence electrons. The lowest BCUT2D eigenvalue weighted by Gasteiger charge is -2.19. The van der Waals surface area contributed by atoms with Gasteiger partial charge in [-0.25, -0.2) is 4.68 Å². The van der Waals surface area contributed by atoms with Gasteiger partial charge in [-0.15, -0.1) is 16.4 Å². The minimum atomic E-state index is -0.329. The number of carbonyl (C=O) groups is 1. The van der Waals surface area contributed by atoms with Crippen molar-refractivity contribution < 1.29 is 4.79 Å². The fourth-order valence-electron chi connectivity index (χ4n) is 3.32. The van der Waals surface area contributed by atoms with E-state index in [0.29, 0.717) is 16.8 Å². The molecule has 0 aliphatic carbocycles. The van der Waals surface area contributed by atoms with Crippen LogP contribution in [0.3, 0.4) is 0 Å². The summed E-state index contributed by atoms with van der Waals surface area (Å²) in [5.74, 6) is 0.139. The Labute approximate surface area is 178 Å². The second-order valence-corrected chi connectivity index (χ2v) is 8.39. The molecule has 4 aromatic rings. The van der Waals surface area contributed by atoms with Gasteiger partial charge >= 0.3 is 0 Å². The maximum Gasteiger partial charge on any atom is 0.278 e. The Kier molecular flexibility index (Phi) is 5.72. The fourth-order valence-corrected chi connectivity index (χ4v) is 4.12. The molecule has 7 heteroatoms. The minimum Gasteiger partial charge on any atom is -0.343 e. The van der Waals surface area contributed by atoms with Crippen molar-refractivity contribution in [3.8, 4) is 0 Å². The van der Waals surface area contributed by atoms with Crippen LogP contribution in [-0.2, 0) is 11.3 Å². The topological polar surface area (TPSA) is 76.9 Å². The number of thiophene rings is 1. The number of aromatic nitrogens is 3. The third kappa shape index (κ3) is 4.16. The van der Waals surface area contributed by atoms with Crippen molar-refractivity contribution in [2.75, 3.05) is 0 Å². The number of rotatable bonds is 6. The molecule has 1 unspecified atom stereocenters. The van der Waals surface area contributed by atoms with Gasteiger partial charge in [-0.1, -0.05) is 61.5 Å². The van der Waals surface area contributed by atoms with E-state index in [4.69, 9.17) is 0 Å². The lowest BCUT2D eigenvalue weighted by atomic mass is 9.98. The van der Waals surface area contributed by atoms with Crippen LogP contribution in [0, 0.1) is 0 Å². The van der Waals surface area contributed by atoms with Gasteiger partial charge in [0.1, 0.15) is 12.1 Å². The SMILES string of the molecule is CC(C)c1ccc(C(NC(=O)Cn2nnc3ccccc3c2=O)c2cccs2)cc1. The zero-order valence-corrected chi connectivity index (χ0v) is 17.6. The Morgan fingerprint density at radius 1 is 1.03 bits per heavy atom. The maximum atomic E-state index is 12.8. The van der Waals surface area contributed by atoms with Crippen LogP contribution in [0.15, 0.2) is 70.8 Å². The fraction of sp³-hybridized carbons (Fsp3) is 0.217. The zero-order valence-electron chi connectivity index (χ0n) is 16.8. The Morgan fingerprint density at radius 3 is 2.47 bits per heavy atom. The summed E-state index contributed by atoms with van der Waals surface area (Å²) in [5, 5.41) is 13.4. The number of benzene rings is 2. The highest BCUT2D eigenvalue weighted by molar-refractivity contribution is 7.10. The molecule has 0 fully saturated rings. The van der Waals surface area contributed by atoms with Crippen LogP contribution in [0.5, 0.6) is 0 Å². The molecule has 1 amide bonds. The van der Waals surface area contributed by atoms with E-state index in [0.717, 1.165) is 15.1 Å². The van der Waals surface area contributed by atoms with Crippen LogP contribution < -0.4 is 10.9 Å². The number of carbonyl (C=O) groups excluding carboxylic acids is 1. The summed E-state index contributed by atoms with van der Waals surface area (Å²) in [6, 6.07) is 18.9. The number of fused-ring (bicyclic) bond motifs is 1. The first-order valence-electron chi connectivity index (χ1n) is 9.78. The summed E-state index contributed by atoms with van der Waals surface area (Å²) in [5.41, 5.74) is 2.42. The van der Waals surface area contributed by atoms with Crippen LogP contribution in [0.2, 0.25) is 0 Å². The molecule has 1 N–H and O–H groups in total. The molecule has 0 aliphatic rings. The van der Waals surface area contributed by atoms with E-state index in [1.165, 1.54) is 5.56 Å². The summed E-state index contributed by atoms with van der Waals surface area (Å²) >= 11 is 1.58. The highest BCUT2D eigenvalue weighted by Crippen LogP contribution is 2.27. The van der Waals surface area contributed by atoms with Gasteiger partial charge in [-0.3, -0.25) is 9.59 Å². The third-order valence-electron chi connectivity index (χ3n) is 4.99. The minimum absolute atomic E-state index is 0.192. The highest BCUT2D eigenvalue weighted by atomic mass is 32.1. The van der Waals surface area contributed by atoms with Gasteiger partial charge in [-0.05, 0) is 40.6 Å². The average molecular weight is 419 g/mol. The standard InChI is InChI=1S/C23H22N4O2S/c1-15(2)16-9-11-17(12-10-16)22(20-8-5-13-30-20)24-21(28)14-27-23(29)18-6-3-4-7-19(18)25-26-27/h3-13,15,22H,14H2,1-2H3,(H,24,28). The summed E-state index contributed by atoms with van der Waals surface area (Å²) in [6.45, 7) is 4.11. The van der Waals surface area contributed by atoms with E-state index in [1.54, 1.807) is 35.6 Å². The normalized spacial score (nSPS) is 12.2. The highest BCUT2D eigenvalue weighted by Gasteiger charge is 2.19. The summed E-state index contributed by atoms with van der Waals surface area (Å²) in [6.07, 6.45) is 0. The Bertz CT molecular complexity index is 1210. The molecular weight excluding hydrogens is 396 g/mol. The molecule has 30 heavy (non-hydrogen) atoms. The molecule has 0 spiro atoms. The van der Waals surface area contributed by atoms with E-state index >= 15 is 0 Å². The first kappa shape index (κ1) is 20.0. The zero-order chi connectivity index (χ0) is 21.1. The van der Waals surface area contributed by atoms with Crippen molar-refractivity contribution in [3.05, 3.63) is 92.4 Å². The molecule has 2 aromatic heterocycles. The van der Waals surface area contributed by atoms with Crippen LogP contribution in [-0.4, -0.2) is 20.9 Å². The predicted molar refractivity (Wildman–Crippen MR) is 119 cm³/mol. The number of nitrogens with zero attached hydrogens (tertiary/aromatic N) is 3. The smallest absolute Gasteiger partial charge is 0.278 e. The van der Waals surface area contributed by atoms with E-state index in [2.05, 4.69) is 41.6 Å². The molecule has 0 radical (unpaired) electrons.